The summed E-state index contributed by atoms with van der Waals surface area (Å²) in [5, 5.41) is 2.63. The normalized spacial score (nSPS) is 16.1. The number of hydrogen-bond donors (Lipinski definition) is 2. The van der Waals surface area contributed by atoms with Gasteiger partial charge in [0.15, 0.2) is 0 Å². The first kappa shape index (κ1) is 20.2. The highest BCUT2D eigenvalue weighted by molar-refractivity contribution is 7.89. The summed E-state index contributed by atoms with van der Waals surface area (Å²) in [6.07, 6.45) is 2.31. The number of benzene rings is 1. The van der Waals surface area contributed by atoms with Crippen LogP contribution in [0.2, 0.25) is 0 Å². The van der Waals surface area contributed by atoms with Crippen molar-refractivity contribution in [3.05, 3.63) is 41.9 Å². The van der Waals surface area contributed by atoms with E-state index in [-0.39, 0.29) is 10.8 Å². The highest BCUT2D eigenvalue weighted by atomic mass is 32.2. The molecule has 1 aliphatic heterocycles. The van der Waals surface area contributed by atoms with Gasteiger partial charge in [-0.05, 0) is 56.4 Å². The number of aryl methyl sites for hydroxylation is 1. The topological polar surface area (TPSA) is 118 Å². The molecule has 0 bridgehead atoms. The lowest BCUT2D eigenvalue weighted by molar-refractivity contribution is -0.114. The number of sulfonamides is 1. The zero-order valence-corrected chi connectivity index (χ0v) is 16.9. The quantitative estimate of drug-likeness (QED) is 0.788. The Morgan fingerprint density at radius 2 is 1.86 bits per heavy atom. The number of hydrogen-bond acceptors (Lipinski definition) is 6. The summed E-state index contributed by atoms with van der Waals surface area (Å²) in [5.74, 6) is 1.28. The number of piperidine rings is 1. The van der Waals surface area contributed by atoms with Crippen LogP contribution in [0.25, 0.3) is 0 Å². The molecule has 1 fully saturated rings. The van der Waals surface area contributed by atoms with Crippen molar-refractivity contribution >= 4 is 27.4 Å². The van der Waals surface area contributed by atoms with Crippen molar-refractivity contribution in [2.24, 2.45) is 5.92 Å². The molecule has 0 radical (unpaired) electrons. The van der Waals surface area contributed by atoms with Gasteiger partial charge in [0, 0.05) is 37.5 Å². The number of rotatable bonds is 5. The molecule has 28 heavy (non-hydrogen) atoms. The number of amides is 1. The van der Waals surface area contributed by atoms with Crippen LogP contribution in [0.5, 0.6) is 0 Å². The average Bonchev–Trinajstić information content (AvgIpc) is 2.61. The van der Waals surface area contributed by atoms with Gasteiger partial charge in [-0.3, -0.25) is 4.79 Å². The van der Waals surface area contributed by atoms with E-state index in [4.69, 9.17) is 5.73 Å². The second kappa shape index (κ2) is 8.24. The number of nitrogens with two attached hydrogens (primary N) is 1. The molecule has 8 nitrogen and oxygen atoms in total. The summed E-state index contributed by atoms with van der Waals surface area (Å²) >= 11 is 0. The molecule has 0 saturated carbocycles. The third-order valence-corrected chi connectivity index (χ3v) is 6.71. The van der Waals surface area contributed by atoms with E-state index in [1.807, 2.05) is 6.92 Å². The first-order chi connectivity index (χ1) is 13.2. The van der Waals surface area contributed by atoms with Crippen LogP contribution in [-0.4, -0.2) is 41.7 Å². The third-order valence-electron chi connectivity index (χ3n) is 4.79. The van der Waals surface area contributed by atoms with Crippen molar-refractivity contribution in [2.75, 3.05) is 24.1 Å². The molecular weight excluding hydrogens is 378 g/mol. The second-order valence-corrected chi connectivity index (χ2v) is 9.03. The molecule has 1 aliphatic rings. The van der Waals surface area contributed by atoms with E-state index < -0.39 is 10.0 Å². The number of aromatic nitrogens is 2. The van der Waals surface area contributed by atoms with Crippen molar-refractivity contribution in [3.8, 4) is 0 Å². The molecule has 9 heteroatoms. The van der Waals surface area contributed by atoms with Gasteiger partial charge in [0.2, 0.25) is 15.9 Å². The summed E-state index contributed by atoms with van der Waals surface area (Å²) in [7, 11) is -3.54. The third kappa shape index (κ3) is 4.85. The zero-order chi connectivity index (χ0) is 20.3. The fourth-order valence-electron chi connectivity index (χ4n) is 3.47. The minimum absolute atomic E-state index is 0.196. The van der Waals surface area contributed by atoms with Gasteiger partial charge in [-0.1, -0.05) is 0 Å². The fourth-order valence-corrected chi connectivity index (χ4v) is 4.94. The Bertz CT molecular complexity index is 932. The molecule has 3 N–H and O–H groups in total. The van der Waals surface area contributed by atoms with Gasteiger partial charge < -0.3 is 11.1 Å². The molecule has 3 rings (SSSR count). The van der Waals surface area contributed by atoms with Crippen LogP contribution in [0.4, 0.5) is 11.5 Å². The molecule has 1 aromatic carbocycles. The zero-order valence-electron chi connectivity index (χ0n) is 16.1. The Morgan fingerprint density at radius 3 is 2.43 bits per heavy atom. The summed E-state index contributed by atoms with van der Waals surface area (Å²) < 4.78 is 27.3. The molecule has 150 valence electrons. The minimum Gasteiger partial charge on any atom is -0.384 e. The second-order valence-electron chi connectivity index (χ2n) is 7.09. The molecule has 0 unspecified atom stereocenters. The number of nitrogens with one attached hydrogen (secondary N) is 1. The van der Waals surface area contributed by atoms with E-state index >= 15 is 0 Å². The summed E-state index contributed by atoms with van der Waals surface area (Å²) in [5.41, 5.74) is 7.26. The SMILES string of the molecule is CC(=O)Nc1ccc(S(=O)(=O)N2CCC(Cc3cc(N)nc(C)n3)CC2)cc1. The molecule has 0 spiro atoms. The van der Waals surface area contributed by atoms with E-state index in [1.54, 1.807) is 18.2 Å². The Morgan fingerprint density at radius 1 is 1.21 bits per heavy atom. The predicted molar refractivity (Wildman–Crippen MR) is 107 cm³/mol. The van der Waals surface area contributed by atoms with Crippen molar-refractivity contribution in [1.29, 1.82) is 0 Å². The molecule has 0 aliphatic carbocycles. The number of anilines is 2. The van der Waals surface area contributed by atoms with Crippen molar-refractivity contribution in [3.63, 3.8) is 0 Å². The monoisotopic (exact) mass is 403 g/mol. The van der Waals surface area contributed by atoms with E-state index in [0.29, 0.717) is 36.3 Å². The van der Waals surface area contributed by atoms with Crippen LogP contribution in [0.3, 0.4) is 0 Å². The maximum atomic E-state index is 12.9. The van der Waals surface area contributed by atoms with Gasteiger partial charge in [0.1, 0.15) is 11.6 Å². The van der Waals surface area contributed by atoms with Gasteiger partial charge in [0.05, 0.1) is 4.90 Å². The lowest BCUT2D eigenvalue weighted by atomic mass is 9.93. The summed E-state index contributed by atoms with van der Waals surface area (Å²) in [6.45, 7) is 4.16. The van der Waals surface area contributed by atoms with Crippen LogP contribution in [0.1, 0.15) is 31.3 Å². The maximum absolute atomic E-state index is 12.9. The summed E-state index contributed by atoms with van der Waals surface area (Å²) in [4.78, 5) is 19.8. The largest absolute Gasteiger partial charge is 0.384 e. The molecule has 1 aromatic heterocycles. The Hall–Kier alpha value is -2.52. The Labute approximate surface area is 165 Å². The van der Waals surface area contributed by atoms with Crippen molar-refractivity contribution in [1.82, 2.24) is 14.3 Å². The first-order valence-electron chi connectivity index (χ1n) is 9.22. The molecule has 0 atom stereocenters. The van der Waals surface area contributed by atoms with Crippen molar-refractivity contribution in [2.45, 2.75) is 38.0 Å². The molecule has 2 aromatic rings. The van der Waals surface area contributed by atoms with Gasteiger partial charge in [-0.15, -0.1) is 0 Å². The van der Waals surface area contributed by atoms with Gasteiger partial charge in [-0.2, -0.15) is 4.31 Å². The first-order valence-corrected chi connectivity index (χ1v) is 10.7. The molecule has 2 heterocycles. The van der Waals surface area contributed by atoms with Gasteiger partial charge in [-0.25, -0.2) is 18.4 Å². The number of carbonyl (C=O) groups excluding carboxylic acids is 1. The lowest BCUT2D eigenvalue weighted by Crippen LogP contribution is -2.38. The van der Waals surface area contributed by atoms with Crippen LogP contribution in [0, 0.1) is 12.8 Å². The Kier molecular flexibility index (Phi) is 5.95. The van der Waals surface area contributed by atoms with Crippen LogP contribution in [-0.2, 0) is 21.2 Å². The minimum atomic E-state index is -3.54. The molecule has 1 saturated heterocycles. The highest BCUT2D eigenvalue weighted by Gasteiger charge is 2.29. The highest BCUT2D eigenvalue weighted by Crippen LogP contribution is 2.26. The Balaban J connectivity index is 1.62. The molecule has 1 amide bonds. The van der Waals surface area contributed by atoms with Crippen molar-refractivity contribution < 1.29 is 13.2 Å². The predicted octanol–water partition coefficient (Wildman–Crippen LogP) is 1.97. The van der Waals surface area contributed by atoms with Crippen LogP contribution in [0.15, 0.2) is 35.2 Å². The van der Waals surface area contributed by atoms with Crippen LogP contribution >= 0.6 is 0 Å². The van der Waals surface area contributed by atoms with Gasteiger partial charge in [0.25, 0.3) is 0 Å². The van der Waals surface area contributed by atoms with E-state index in [1.165, 1.54) is 23.4 Å². The average molecular weight is 404 g/mol. The maximum Gasteiger partial charge on any atom is 0.243 e. The number of carbonyl (C=O) groups is 1. The van der Waals surface area contributed by atoms with Crippen LogP contribution < -0.4 is 11.1 Å². The van der Waals surface area contributed by atoms with E-state index in [0.717, 1.165) is 25.0 Å². The van der Waals surface area contributed by atoms with E-state index in [9.17, 15) is 13.2 Å². The smallest absolute Gasteiger partial charge is 0.243 e. The number of nitrogen functional groups attached to an aromatic ring is 1. The van der Waals surface area contributed by atoms with Gasteiger partial charge >= 0.3 is 0 Å². The van der Waals surface area contributed by atoms with E-state index in [2.05, 4.69) is 15.3 Å². The number of nitrogens with zero attached hydrogens (tertiary/aromatic N) is 3. The lowest BCUT2D eigenvalue weighted by Gasteiger charge is -2.31. The summed E-state index contributed by atoms with van der Waals surface area (Å²) in [6, 6.07) is 8.04. The standard InChI is InChI=1S/C19H25N5O3S/c1-13-21-17(12-19(20)22-13)11-15-7-9-24(10-8-15)28(26,27)18-5-3-16(4-6-18)23-14(2)25/h3-6,12,15H,7-11H2,1-2H3,(H,23,25)(H2,20,21,22). The fraction of sp³-hybridized carbons (Fsp3) is 0.421. The molecular formula is C19H25N5O3S.